The van der Waals surface area contributed by atoms with Crippen molar-refractivity contribution in [3.63, 3.8) is 0 Å². The molecule has 0 saturated heterocycles. The molecule has 1 unspecified atom stereocenters. The first kappa shape index (κ1) is 16.8. The first-order valence-electron chi connectivity index (χ1n) is 6.39. The third kappa shape index (κ3) is 8.55. The molecule has 0 aliphatic rings. The van der Waals surface area contributed by atoms with E-state index >= 15 is 0 Å². The quantitative estimate of drug-likeness (QED) is 0.565. The minimum absolute atomic E-state index is 0.116. The van der Waals surface area contributed by atoms with Gasteiger partial charge in [0.15, 0.2) is 0 Å². The van der Waals surface area contributed by atoms with Crippen LogP contribution in [-0.2, 0) is 14.2 Å². The van der Waals surface area contributed by atoms with Gasteiger partial charge in [-0.25, -0.2) is 0 Å². The van der Waals surface area contributed by atoms with Crippen LogP contribution >= 0.6 is 0 Å². The molecule has 1 atom stereocenters. The number of nitrogens with one attached hydrogen (secondary N) is 1. The second-order valence-corrected chi connectivity index (χ2v) is 4.80. The predicted octanol–water partition coefficient (Wildman–Crippen LogP) is 1.83. The van der Waals surface area contributed by atoms with E-state index in [0.29, 0.717) is 19.3 Å². The number of unbranched alkanes of at least 4 members (excludes halogenated alkanes) is 1. The van der Waals surface area contributed by atoms with E-state index in [1.54, 1.807) is 14.2 Å². The molecule has 104 valence electrons. The Morgan fingerprint density at radius 1 is 1.06 bits per heavy atom. The van der Waals surface area contributed by atoms with Gasteiger partial charge in [-0.3, -0.25) is 0 Å². The highest BCUT2D eigenvalue weighted by atomic mass is 16.5. The highest BCUT2D eigenvalue weighted by Gasteiger charge is 2.24. The summed E-state index contributed by atoms with van der Waals surface area (Å²) in [5.41, 5.74) is -0.116. The van der Waals surface area contributed by atoms with Crippen LogP contribution in [0.1, 0.15) is 33.6 Å². The fourth-order valence-electron chi connectivity index (χ4n) is 1.31. The zero-order chi connectivity index (χ0) is 13.1. The van der Waals surface area contributed by atoms with Crippen molar-refractivity contribution in [1.82, 2.24) is 5.32 Å². The zero-order valence-corrected chi connectivity index (χ0v) is 12.0. The summed E-state index contributed by atoms with van der Waals surface area (Å²) >= 11 is 0. The van der Waals surface area contributed by atoms with Crippen LogP contribution in [0, 0.1) is 0 Å². The minimum atomic E-state index is -0.116. The summed E-state index contributed by atoms with van der Waals surface area (Å²) in [6, 6.07) is 0.349. The maximum Gasteiger partial charge on any atom is 0.0772 e. The van der Waals surface area contributed by atoms with E-state index in [0.717, 1.165) is 26.0 Å². The summed E-state index contributed by atoms with van der Waals surface area (Å²) in [7, 11) is 3.44. The molecular formula is C13H29NO3. The Labute approximate surface area is 106 Å². The second-order valence-electron chi connectivity index (χ2n) is 4.80. The topological polar surface area (TPSA) is 39.7 Å². The van der Waals surface area contributed by atoms with Crippen LogP contribution in [0.5, 0.6) is 0 Å². The lowest BCUT2D eigenvalue weighted by Gasteiger charge is -2.31. The number of hydrogen-bond acceptors (Lipinski definition) is 4. The molecule has 0 amide bonds. The number of methoxy groups -OCH3 is 2. The summed E-state index contributed by atoms with van der Waals surface area (Å²) < 4.78 is 15.7. The molecule has 0 radical (unpaired) electrons. The van der Waals surface area contributed by atoms with Gasteiger partial charge in [-0.15, -0.1) is 0 Å². The van der Waals surface area contributed by atoms with Crippen LogP contribution in [0.25, 0.3) is 0 Å². The number of ether oxygens (including phenoxy) is 3. The molecule has 0 aromatic carbocycles. The SMILES string of the molecule is COCCOCCCCNC(C)C(C)(C)OC. The minimum Gasteiger partial charge on any atom is -0.382 e. The van der Waals surface area contributed by atoms with Crippen molar-refractivity contribution in [1.29, 1.82) is 0 Å². The maximum atomic E-state index is 5.42. The van der Waals surface area contributed by atoms with Gasteiger partial charge in [0.05, 0.1) is 18.8 Å². The van der Waals surface area contributed by atoms with Gasteiger partial charge in [0.1, 0.15) is 0 Å². The molecule has 4 nitrogen and oxygen atoms in total. The van der Waals surface area contributed by atoms with Gasteiger partial charge in [0.2, 0.25) is 0 Å². The van der Waals surface area contributed by atoms with Crippen LogP contribution in [0.2, 0.25) is 0 Å². The standard InChI is InChI=1S/C13H29NO3/c1-12(13(2,3)16-5)14-8-6-7-9-17-11-10-15-4/h12,14H,6-11H2,1-5H3. The molecule has 0 spiro atoms. The van der Waals surface area contributed by atoms with E-state index in [-0.39, 0.29) is 5.60 Å². The van der Waals surface area contributed by atoms with Gasteiger partial charge in [0, 0.05) is 26.9 Å². The summed E-state index contributed by atoms with van der Waals surface area (Å²) in [6.07, 6.45) is 2.20. The third-order valence-electron chi connectivity index (χ3n) is 3.17. The molecule has 0 aromatic rings. The van der Waals surface area contributed by atoms with Crippen molar-refractivity contribution >= 4 is 0 Å². The molecule has 17 heavy (non-hydrogen) atoms. The van der Waals surface area contributed by atoms with Gasteiger partial charge < -0.3 is 19.5 Å². The van der Waals surface area contributed by atoms with Crippen LogP contribution in [0.15, 0.2) is 0 Å². The smallest absolute Gasteiger partial charge is 0.0772 e. The lowest BCUT2D eigenvalue weighted by Crippen LogP contribution is -2.46. The fourth-order valence-corrected chi connectivity index (χ4v) is 1.31. The van der Waals surface area contributed by atoms with Gasteiger partial charge in [0.25, 0.3) is 0 Å². The van der Waals surface area contributed by atoms with E-state index < -0.39 is 0 Å². The second kappa shape index (κ2) is 9.83. The summed E-state index contributed by atoms with van der Waals surface area (Å²) in [5, 5.41) is 3.47. The van der Waals surface area contributed by atoms with Gasteiger partial charge >= 0.3 is 0 Å². The van der Waals surface area contributed by atoms with Crippen molar-refractivity contribution in [2.45, 2.75) is 45.3 Å². The van der Waals surface area contributed by atoms with E-state index in [1.165, 1.54) is 0 Å². The Bertz CT molecular complexity index is 174. The molecule has 0 heterocycles. The maximum absolute atomic E-state index is 5.42. The fraction of sp³-hybridized carbons (Fsp3) is 1.00. The predicted molar refractivity (Wildman–Crippen MR) is 70.5 cm³/mol. The first-order valence-corrected chi connectivity index (χ1v) is 6.39. The molecule has 0 fully saturated rings. The average Bonchev–Trinajstić information content (AvgIpc) is 2.32. The van der Waals surface area contributed by atoms with E-state index in [9.17, 15) is 0 Å². The molecule has 0 aromatic heterocycles. The van der Waals surface area contributed by atoms with Crippen LogP contribution in [-0.4, -0.2) is 52.2 Å². The third-order valence-corrected chi connectivity index (χ3v) is 3.17. The molecule has 0 rings (SSSR count). The van der Waals surface area contributed by atoms with Crippen molar-refractivity contribution in [2.24, 2.45) is 0 Å². The van der Waals surface area contributed by atoms with E-state index in [2.05, 4.69) is 26.1 Å². The Morgan fingerprint density at radius 3 is 2.35 bits per heavy atom. The summed E-state index contributed by atoms with van der Waals surface area (Å²) in [5.74, 6) is 0. The number of hydrogen-bond donors (Lipinski definition) is 1. The summed E-state index contributed by atoms with van der Waals surface area (Å²) in [6.45, 7) is 9.53. The Hall–Kier alpha value is -0.160. The summed E-state index contributed by atoms with van der Waals surface area (Å²) in [4.78, 5) is 0. The monoisotopic (exact) mass is 247 g/mol. The van der Waals surface area contributed by atoms with E-state index in [1.807, 2.05) is 0 Å². The van der Waals surface area contributed by atoms with E-state index in [4.69, 9.17) is 14.2 Å². The van der Waals surface area contributed by atoms with Gasteiger partial charge in [-0.1, -0.05) is 0 Å². The Balaban J connectivity index is 3.34. The zero-order valence-electron chi connectivity index (χ0n) is 12.0. The largest absolute Gasteiger partial charge is 0.382 e. The van der Waals surface area contributed by atoms with Gasteiger partial charge in [-0.05, 0) is 40.2 Å². The van der Waals surface area contributed by atoms with Gasteiger partial charge in [-0.2, -0.15) is 0 Å². The molecule has 0 saturated carbocycles. The van der Waals surface area contributed by atoms with Crippen LogP contribution < -0.4 is 5.32 Å². The van der Waals surface area contributed by atoms with Crippen molar-refractivity contribution in [3.8, 4) is 0 Å². The van der Waals surface area contributed by atoms with Crippen molar-refractivity contribution < 1.29 is 14.2 Å². The van der Waals surface area contributed by atoms with Crippen molar-refractivity contribution in [3.05, 3.63) is 0 Å². The van der Waals surface area contributed by atoms with Crippen LogP contribution in [0.3, 0.4) is 0 Å². The lowest BCUT2D eigenvalue weighted by molar-refractivity contribution is -0.00511. The highest BCUT2D eigenvalue weighted by molar-refractivity contribution is 4.81. The number of rotatable bonds is 11. The molecule has 0 aliphatic carbocycles. The Morgan fingerprint density at radius 2 is 1.76 bits per heavy atom. The van der Waals surface area contributed by atoms with Crippen LogP contribution in [0.4, 0.5) is 0 Å². The average molecular weight is 247 g/mol. The molecule has 0 bridgehead atoms. The molecule has 4 heteroatoms. The lowest BCUT2D eigenvalue weighted by atomic mass is 10.0. The molecular weight excluding hydrogens is 218 g/mol. The molecule has 1 N–H and O–H groups in total. The normalized spacial score (nSPS) is 13.9. The Kier molecular flexibility index (Phi) is 9.74. The van der Waals surface area contributed by atoms with Crippen molar-refractivity contribution in [2.75, 3.05) is 40.6 Å². The molecule has 0 aliphatic heterocycles. The highest BCUT2D eigenvalue weighted by Crippen LogP contribution is 2.12. The first-order chi connectivity index (χ1) is 8.04.